The lowest BCUT2D eigenvalue weighted by molar-refractivity contribution is -0.140. The van der Waals surface area contributed by atoms with E-state index in [1.54, 1.807) is 49.4 Å². The lowest BCUT2D eigenvalue weighted by atomic mass is 10.1. The van der Waals surface area contributed by atoms with Crippen molar-refractivity contribution in [2.24, 2.45) is 5.92 Å². The standard InChI is InChI=1S/C26H35Cl2N3O5S/c1-18(2)16-29-26(33)19(3)30(17-20-12-13-21(27)22(28)15-20)25(32)11-8-14-31(37(5,34)35)23-9-6-7-10-24(23)36-4/h6-7,9-10,12-13,15,18-19H,8,11,14,16-17H2,1-5H3,(H,29,33)/t19-/m1/s1. The monoisotopic (exact) mass is 571 g/mol. The number of halogens is 2. The number of carbonyl (C=O) groups is 2. The van der Waals surface area contributed by atoms with Crippen LogP contribution in [0.25, 0.3) is 0 Å². The Morgan fingerprint density at radius 2 is 1.73 bits per heavy atom. The summed E-state index contributed by atoms with van der Waals surface area (Å²) in [5.41, 5.74) is 1.12. The van der Waals surface area contributed by atoms with Gasteiger partial charge in [-0.25, -0.2) is 8.42 Å². The average Bonchev–Trinajstić information content (AvgIpc) is 2.84. The first-order valence-electron chi connectivity index (χ1n) is 12.0. The molecule has 0 aliphatic heterocycles. The minimum absolute atomic E-state index is 0.0320. The van der Waals surface area contributed by atoms with Gasteiger partial charge in [0.15, 0.2) is 0 Å². The second-order valence-electron chi connectivity index (χ2n) is 9.20. The number of hydrogen-bond donors (Lipinski definition) is 1. The van der Waals surface area contributed by atoms with E-state index in [1.807, 2.05) is 13.8 Å². The summed E-state index contributed by atoms with van der Waals surface area (Å²) in [6.45, 7) is 6.34. The van der Waals surface area contributed by atoms with Crippen molar-refractivity contribution in [1.82, 2.24) is 10.2 Å². The highest BCUT2D eigenvalue weighted by Gasteiger charge is 2.27. The van der Waals surface area contributed by atoms with Crippen LogP contribution in [0.5, 0.6) is 5.75 Å². The van der Waals surface area contributed by atoms with Crippen molar-refractivity contribution in [2.45, 2.75) is 46.2 Å². The minimum atomic E-state index is -3.63. The summed E-state index contributed by atoms with van der Waals surface area (Å²) in [6.07, 6.45) is 1.38. The molecule has 2 amide bonds. The highest BCUT2D eigenvalue weighted by atomic mass is 35.5. The summed E-state index contributed by atoms with van der Waals surface area (Å²) in [6, 6.07) is 11.1. The van der Waals surface area contributed by atoms with Gasteiger partial charge in [-0.2, -0.15) is 0 Å². The first kappa shape index (κ1) is 30.7. The number of methoxy groups -OCH3 is 1. The number of para-hydroxylation sites is 2. The molecule has 37 heavy (non-hydrogen) atoms. The van der Waals surface area contributed by atoms with Crippen LogP contribution < -0.4 is 14.4 Å². The number of anilines is 1. The SMILES string of the molecule is COc1ccccc1N(CCCC(=O)N(Cc1ccc(Cl)c(Cl)c1)[C@H](C)C(=O)NCC(C)C)S(C)(=O)=O. The van der Waals surface area contributed by atoms with Crippen molar-refractivity contribution in [2.75, 3.05) is 30.8 Å². The Bertz CT molecular complexity index is 1190. The van der Waals surface area contributed by atoms with Gasteiger partial charge in [-0.05, 0) is 49.1 Å². The number of ether oxygens (including phenoxy) is 1. The van der Waals surface area contributed by atoms with E-state index in [0.29, 0.717) is 28.0 Å². The molecule has 1 atom stereocenters. The zero-order valence-corrected chi connectivity index (χ0v) is 24.2. The van der Waals surface area contributed by atoms with Crippen LogP contribution in [0.2, 0.25) is 10.0 Å². The van der Waals surface area contributed by atoms with Crippen LogP contribution in [0.1, 0.15) is 39.2 Å². The molecular weight excluding hydrogens is 537 g/mol. The molecule has 2 rings (SSSR count). The molecule has 11 heteroatoms. The fraction of sp³-hybridized carbons (Fsp3) is 0.462. The third-order valence-electron chi connectivity index (χ3n) is 5.69. The molecule has 0 fully saturated rings. The van der Waals surface area contributed by atoms with Gasteiger partial charge in [0.2, 0.25) is 21.8 Å². The van der Waals surface area contributed by atoms with Crippen LogP contribution in [-0.2, 0) is 26.2 Å². The van der Waals surface area contributed by atoms with Crippen molar-refractivity contribution < 1.29 is 22.7 Å². The Hall–Kier alpha value is -2.49. The van der Waals surface area contributed by atoms with Gasteiger partial charge in [0.25, 0.3) is 0 Å². The van der Waals surface area contributed by atoms with Crippen molar-refractivity contribution >= 4 is 50.7 Å². The molecule has 1 N–H and O–H groups in total. The maximum absolute atomic E-state index is 13.4. The lowest BCUT2D eigenvalue weighted by Gasteiger charge is -2.30. The van der Waals surface area contributed by atoms with Crippen molar-refractivity contribution in [3.63, 3.8) is 0 Å². The summed E-state index contributed by atoms with van der Waals surface area (Å²) >= 11 is 12.2. The third kappa shape index (κ3) is 9.09. The molecule has 0 saturated heterocycles. The normalized spacial score (nSPS) is 12.2. The van der Waals surface area contributed by atoms with Crippen LogP contribution in [0.4, 0.5) is 5.69 Å². The molecule has 8 nitrogen and oxygen atoms in total. The van der Waals surface area contributed by atoms with Crippen molar-refractivity contribution in [3.8, 4) is 5.75 Å². The number of carbonyl (C=O) groups excluding carboxylic acids is 2. The quantitative estimate of drug-likeness (QED) is 0.374. The Kier molecular flexibility index (Phi) is 11.5. The Morgan fingerprint density at radius 1 is 1.05 bits per heavy atom. The van der Waals surface area contributed by atoms with Gasteiger partial charge in [0.05, 0.1) is 29.1 Å². The van der Waals surface area contributed by atoms with Gasteiger partial charge in [0.1, 0.15) is 11.8 Å². The smallest absolute Gasteiger partial charge is 0.242 e. The average molecular weight is 573 g/mol. The van der Waals surface area contributed by atoms with E-state index in [0.717, 1.165) is 11.8 Å². The summed E-state index contributed by atoms with van der Waals surface area (Å²) in [7, 11) is -2.17. The van der Waals surface area contributed by atoms with Gasteiger partial charge in [-0.15, -0.1) is 0 Å². The topological polar surface area (TPSA) is 96.0 Å². The van der Waals surface area contributed by atoms with E-state index in [1.165, 1.54) is 16.3 Å². The number of sulfonamides is 1. The zero-order chi connectivity index (χ0) is 27.8. The molecule has 0 aromatic heterocycles. The second kappa shape index (κ2) is 13.9. The first-order valence-corrected chi connectivity index (χ1v) is 14.6. The lowest BCUT2D eigenvalue weighted by Crippen LogP contribution is -2.48. The highest BCUT2D eigenvalue weighted by Crippen LogP contribution is 2.30. The molecule has 0 aliphatic carbocycles. The molecule has 0 aliphatic rings. The van der Waals surface area contributed by atoms with Crippen LogP contribution in [0, 0.1) is 5.92 Å². The number of rotatable bonds is 13. The van der Waals surface area contributed by atoms with E-state index in [4.69, 9.17) is 27.9 Å². The Balaban J connectivity index is 2.21. The number of hydrogen-bond acceptors (Lipinski definition) is 5. The van der Waals surface area contributed by atoms with E-state index in [2.05, 4.69) is 5.32 Å². The van der Waals surface area contributed by atoms with E-state index in [9.17, 15) is 18.0 Å². The minimum Gasteiger partial charge on any atom is -0.495 e. The van der Waals surface area contributed by atoms with Gasteiger partial charge in [-0.3, -0.25) is 13.9 Å². The van der Waals surface area contributed by atoms with Gasteiger partial charge in [-0.1, -0.05) is 55.2 Å². The maximum atomic E-state index is 13.4. The van der Waals surface area contributed by atoms with Crippen LogP contribution in [-0.4, -0.2) is 57.6 Å². The van der Waals surface area contributed by atoms with Gasteiger partial charge >= 0.3 is 0 Å². The molecule has 2 aromatic rings. The van der Waals surface area contributed by atoms with Crippen LogP contribution in [0.3, 0.4) is 0 Å². The molecule has 204 valence electrons. The van der Waals surface area contributed by atoms with Crippen molar-refractivity contribution in [1.29, 1.82) is 0 Å². The first-order chi connectivity index (χ1) is 17.3. The number of amides is 2. The highest BCUT2D eigenvalue weighted by molar-refractivity contribution is 7.92. The van der Waals surface area contributed by atoms with Gasteiger partial charge in [0, 0.05) is 26.1 Å². The molecule has 0 unspecified atom stereocenters. The number of nitrogens with zero attached hydrogens (tertiary/aromatic N) is 2. The number of benzene rings is 2. The maximum Gasteiger partial charge on any atom is 0.242 e. The molecule has 0 bridgehead atoms. The fourth-order valence-electron chi connectivity index (χ4n) is 3.69. The molecule has 2 aromatic carbocycles. The predicted molar refractivity (Wildman–Crippen MR) is 149 cm³/mol. The molecule has 0 spiro atoms. The van der Waals surface area contributed by atoms with Gasteiger partial charge < -0.3 is 15.0 Å². The molecule has 0 saturated carbocycles. The predicted octanol–water partition coefficient (Wildman–Crippen LogP) is 4.74. The van der Waals surface area contributed by atoms with E-state index < -0.39 is 16.1 Å². The summed E-state index contributed by atoms with van der Waals surface area (Å²) < 4.78 is 31.6. The summed E-state index contributed by atoms with van der Waals surface area (Å²) in [4.78, 5) is 27.7. The second-order valence-corrected chi connectivity index (χ2v) is 11.9. The van der Waals surface area contributed by atoms with E-state index in [-0.39, 0.29) is 43.7 Å². The molecular formula is C26H35Cl2N3O5S. The molecule has 0 heterocycles. The van der Waals surface area contributed by atoms with Crippen molar-refractivity contribution in [3.05, 3.63) is 58.1 Å². The largest absolute Gasteiger partial charge is 0.495 e. The summed E-state index contributed by atoms with van der Waals surface area (Å²) in [5.74, 6) is 0.115. The molecule has 0 radical (unpaired) electrons. The Labute approximate surface area is 229 Å². The fourth-order valence-corrected chi connectivity index (χ4v) is 4.98. The van der Waals surface area contributed by atoms with Crippen LogP contribution >= 0.6 is 23.2 Å². The van der Waals surface area contributed by atoms with E-state index >= 15 is 0 Å². The zero-order valence-electron chi connectivity index (χ0n) is 21.8. The summed E-state index contributed by atoms with van der Waals surface area (Å²) in [5, 5.41) is 3.61. The third-order valence-corrected chi connectivity index (χ3v) is 7.61. The number of nitrogens with one attached hydrogen (secondary N) is 1. The van der Waals surface area contributed by atoms with Crippen LogP contribution in [0.15, 0.2) is 42.5 Å². The Morgan fingerprint density at radius 3 is 2.32 bits per heavy atom.